The molecule has 25 heavy (non-hydrogen) atoms. The molecule has 0 aliphatic rings. The van der Waals surface area contributed by atoms with Crippen molar-refractivity contribution in [3.05, 3.63) is 71.5 Å². The lowest BCUT2D eigenvalue weighted by Crippen LogP contribution is -2.10. The molecule has 0 spiro atoms. The Morgan fingerprint density at radius 1 is 1.04 bits per heavy atom. The van der Waals surface area contributed by atoms with Gasteiger partial charge in [0.1, 0.15) is 5.76 Å². The Balaban J connectivity index is 1.56. The summed E-state index contributed by atoms with van der Waals surface area (Å²) in [5, 5.41) is 3.39. The van der Waals surface area contributed by atoms with Gasteiger partial charge in [0.05, 0.1) is 10.2 Å². The van der Waals surface area contributed by atoms with E-state index in [2.05, 4.69) is 10.3 Å². The Kier molecular flexibility index (Phi) is 3.86. The summed E-state index contributed by atoms with van der Waals surface area (Å²) < 4.78 is 6.76. The molecule has 4 rings (SSSR count). The highest BCUT2D eigenvalue weighted by molar-refractivity contribution is 7.22. The van der Waals surface area contributed by atoms with Crippen molar-refractivity contribution in [2.75, 3.05) is 5.32 Å². The van der Waals surface area contributed by atoms with Gasteiger partial charge in [0.15, 0.2) is 10.9 Å². The number of anilines is 1. The van der Waals surface area contributed by atoms with Gasteiger partial charge >= 0.3 is 0 Å². The number of nitrogens with one attached hydrogen (secondary N) is 1. The van der Waals surface area contributed by atoms with Crippen LogP contribution in [0.15, 0.2) is 59.0 Å². The van der Waals surface area contributed by atoms with Gasteiger partial charge in [-0.3, -0.25) is 10.1 Å². The maximum atomic E-state index is 12.4. The number of rotatable bonds is 3. The molecular formula is C20H16N2O2S. The quantitative estimate of drug-likeness (QED) is 0.537. The molecule has 2 aromatic carbocycles. The summed E-state index contributed by atoms with van der Waals surface area (Å²) >= 11 is 1.45. The fraction of sp³-hybridized carbons (Fsp3) is 0.100. The lowest BCUT2D eigenvalue weighted by atomic mass is 10.1. The van der Waals surface area contributed by atoms with Gasteiger partial charge in [-0.05, 0) is 49.7 Å². The first-order valence-corrected chi connectivity index (χ1v) is 8.75. The lowest BCUT2D eigenvalue weighted by molar-refractivity contribution is 0.0997. The Morgan fingerprint density at radius 3 is 2.72 bits per heavy atom. The molecule has 1 N–H and O–H groups in total. The molecule has 0 fully saturated rings. The SMILES string of the molecule is Cc1cccc(-c2ccc(C(=O)Nc3nc4cc(C)ccc4s3)o2)c1. The van der Waals surface area contributed by atoms with Crippen LogP contribution < -0.4 is 5.32 Å². The van der Waals surface area contributed by atoms with Crippen LogP contribution in [0.3, 0.4) is 0 Å². The highest BCUT2D eigenvalue weighted by atomic mass is 32.1. The van der Waals surface area contributed by atoms with Crippen molar-refractivity contribution in [2.24, 2.45) is 0 Å². The standard InChI is InChI=1S/C20H16N2O2S/c1-12-4-3-5-14(10-12)16-7-8-17(24-16)19(23)22-20-21-15-11-13(2)6-9-18(15)25-20/h3-11H,1-2H3,(H,21,22,23). The molecule has 1 amide bonds. The van der Waals surface area contributed by atoms with Gasteiger partial charge in [0.25, 0.3) is 5.91 Å². The highest BCUT2D eigenvalue weighted by Crippen LogP contribution is 2.28. The van der Waals surface area contributed by atoms with Gasteiger partial charge in [-0.15, -0.1) is 0 Å². The average Bonchev–Trinajstić information content (AvgIpc) is 3.21. The predicted molar refractivity (Wildman–Crippen MR) is 101 cm³/mol. The fourth-order valence-electron chi connectivity index (χ4n) is 2.66. The monoisotopic (exact) mass is 348 g/mol. The summed E-state index contributed by atoms with van der Waals surface area (Å²) in [4.78, 5) is 16.9. The Labute approximate surface area is 149 Å². The van der Waals surface area contributed by atoms with Crippen LogP contribution in [0.5, 0.6) is 0 Å². The summed E-state index contributed by atoms with van der Waals surface area (Å²) in [6.45, 7) is 4.04. The molecule has 5 heteroatoms. The average molecular weight is 348 g/mol. The minimum atomic E-state index is -0.297. The fourth-order valence-corrected chi connectivity index (χ4v) is 3.50. The van der Waals surface area contributed by atoms with Crippen molar-refractivity contribution in [2.45, 2.75) is 13.8 Å². The molecule has 0 aliphatic carbocycles. The van der Waals surface area contributed by atoms with E-state index < -0.39 is 0 Å². The second-order valence-corrected chi connectivity index (χ2v) is 7.01. The van der Waals surface area contributed by atoms with Crippen molar-refractivity contribution >= 4 is 32.6 Å². The summed E-state index contributed by atoms with van der Waals surface area (Å²) in [5.74, 6) is 0.649. The molecular weight excluding hydrogens is 332 g/mol. The number of furan rings is 1. The first kappa shape index (κ1) is 15.6. The molecule has 2 heterocycles. The van der Waals surface area contributed by atoms with Gasteiger partial charge in [0.2, 0.25) is 0 Å². The van der Waals surface area contributed by atoms with Gasteiger partial charge in [-0.2, -0.15) is 0 Å². The Bertz CT molecular complexity index is 1080. The molecule has 0 saturated carbocycles. The number of aryl methyl sites for hydroxylation is 2. The van der Waals surface area contributed by atoms with Crippen LogP contribution >= 0.6 is 11.3 Å². The van der Waals surface area contributed by atoms with Crippen molar-refractivity contribution in [3.63, 3.8) is 0 Å². The van der Waals surface area contributed by atoms with E-state index in [0.717, 1.165) is 26.9 Å². The third-order valence-electron chi connectivity index (χ3n) is 3.90. The number of amides is 1. The van der Waals surface area contributed by atoms with Gasteiger partial charge in [-0.1, -0.05) is 41.2 Å². The lowest BCUT2D eigenvalue weighted by Gasteiger charge is -2.00. The molecule has 0 unspecified atom stereocenters. The normalized spacial score (nSPS) is 11.0. The molecule has 4 nitrogen and oxygen atoms in total. The number of fused-ring (bicyclic) bond motifs is 1. The van der Waals surface area contributed by atoms with Gasteiger partial charge < -0.3 is 4.42 Å². The van der Waals surface area contributed by atoms with E-state index in [1.165, 1.54) is 11.3 Å². The van der Waals surface area contributed by atoms with Crippen LogP contribution in [0.1, 0.15) is 21.7 Å². The summed E-state index contributed by atoms with van der Waals surface area (Å²) in [6, 6.07) is 17.5. The second-order valence-electron chi connectivity index (χ2n) is 5.98. The third kappa shape index (κ3) is 3.19. The number of benzene rings is 2. The number of carbonyl (C=O) groups is 1. The first-order chi connectivity index (χ1) is 12.1. The molecule has 0 bridgehead atoms. The number of aromatic nitrogens is 1. The van der Waals surface area contributed by atoms with Gasteiger partial charge in [0, 0.05) is 5.56 Å². The van der Waals surface area contributed by atoms with E-state index in [1.807, 2.05) is 62.4 Å². The molecule has 2 aromatic heterocycles. The van der Waals surface area contributed by atoms with Crippen molar-refractivity contribution in [1.82, 2.24) is 4.98 Å². The Hall–Kier alpha value is -2.92. The molecule has 0 saturated heterocycles. The Morgan fingerprint density at radius 2 is 1.88 bits per heavy atom. The molecule has 4 aromatic rings. The number of nitrogens with zero attached hydrogens (tertiary/aromatic N) is 1. The minimum Gasteiger partial charge on any atom is -0.451 e. The van der Waals surface area contributed by atoms with Crippen LogP contribution in [0, 0.1) is 13.8 Å². The third-order valence-corrected chi connectivity index (χ3v) is 4.85. The summed E-state index contributed by atoms with van der Waals surface area (Å²) in [5.41, 5.74) is 4.13. The summed E-state index contributed by atoms with van der Waals surface area (Å²) in [7, 11) is 0. The topological polar surface area (TPSA) is 55.1 Å². The largest absolute Gasteiger partial charge is 0.451 e. The van der Waals surface area contributed by atoms with Crippen molar-refractivity contribution < 1.29 is 9.21 Å². The van der Waals surface area contributed by atoms with Crippen LogP contribution in [0.2, 0.25) is 0 Å². The molecule has 0 radical (unpaired) electrons. The number of hydrogen-bond donors (Lipinski definition) is 1. The van der Waals surface area contributed by atoms with Crippen molar-refractivity contribution in [3.8, 4) is 11.3 Å². The number of hydrogen-bond acceptors (Lipinski definition) is 4. The molecule has 0 atom stereocenters. The van der Waals surface area contributed by atoms with E-state index in [-0.39, 0.29) is 11.7 Å². The predicted octanol–water partition coefficient (Wildman–Crippen LogP) is 5.43. The summed E-state index contributed by atoms with van der Waals surface area (Å²) in [6.07, 6.45) is 0. The minimum absolute atomic E-state index is 0.270. The van der Waals surface area contributed by atoms with E-state index >= 15 is 0 Å². The number of carbonyl (C=O) groups excluding carboxylic acids is 1. The highest BCUT2D eigenvalue weighted by Gasteiger charge is 2.14. The van der Waals surface area contributed by atoms with Crippen molar-refractivity contribution in [1.29, 1.82) is 0 Å². The van der Waals surface area contributed by atoms with Gasteiger partial charge in [-0.25, -0.2) is 4.98 Å². The van der Waals surface area contributed by atoms with E-state index in [4.69, 9.17) is 4.42 Å². The zero-order valence-corrected chi connectivity index (χ0v) is 14.7. The van der Waals surface area contributed by atoms with E-state index in [0.29, 0.717) is 10.9 Å². The first-order valence-electron chi connectivity index (χ1n) is 7.94. The molecule has 124 valence electrons. The van der Waals surface area contributed by atoms with Crippen LogP contribution in [-0.2, 0) is 0 Å². The zero-order valence-electron chi connectivity index (χ0n) is 13.9. The second kappa shape index (κ2) is 6.18. The number of thiazole rings is 1. The van der Waals surface area contributed by atoms with Crippen LogP contribution in [0.4, 0.5) is 5.13 Å². The van der Waals surface area contributed by atoms with Crippen LogP contribution in [-0.4, -0.2) is 10.9 Å². The maximum absolute atomic E-state index is 12.4. The maximum Gasteiger partial charge on any atom is 0.293 e. The zero-order chi connectivity index (χ0) is 17.4. The van der Waals surface area contributed by atoms with Crippen LogP contribution in [0.25, 0.3) is 21.5 Å². The molecule has 0 aliphatic heterocycles. The smallest absolute Gasteiger partial charge is 0.293 e. The van der Waals surface area contributed by atoms with E-state index in [9.17, 15) is 4.79 Å². The van der Waals surface area contributed by atoms with E-state index in [1.54, 1.807) is 6.07 Å².